The van der Waals surface area contributed by atoms with E-state index in [1.807, 2.05) is 16.8 Å². The number of carbonyl (C=O) groups excluding carboxylic acids is 1. The zero-order chi connectivity index (χ0) is 13.7. The van der Waals surface area contributed by atoms with Crippen LogP contribution < -0.4 is 5.32 Å². The Hall–Kier alpha value is -0.810. The van der Waals surface area contributed by atoms with Gasteiger partial charge in [-0.15, -0.1) is 0 Å². The average molecular weight is 329 g/mol. The second-order valence-corrected chi connectivity index (χ2v) is 5.92. The highest BCUT2D eigenvalue weighted by Gasteiger charge is 2.17. The Balaban J connectivity index is 1.91. The predicted octanol–water partition coefficient (Wildman–Crippen LogP) is 2.82. The van der Waals surface area contributed by atoms with E-state index in [2.05, 4.69) is 28.2 Å². The van der Waals surface area contributed by atoms with Gasteiger partial charge in [0.2, 0.25) is 0 Å². The molecule has 0 unspecified atom stereocenters. The van der Waals surface area contributed by atoms with Crippen LogP contribution in [0.15, 0.2) is 16.7 Å². The highest BCUT2D eigenvalue weighted by atomic mass is 79.9. The van der Waals surface area contributed by atoms with Gasteiger partial charge in [-0.05, 0) is 47.2 Å². The van der Waals surface area contributed by atoms with Crippen LogP contribution in [0.5, 0.6) is 0 Å². The molecule has 0 aromatic carbocycles. The zero-order valence-corrected chi connectivity index (χ0v) is 12.9. The van der Waals surface area contributed by atoms with Gasteiger partial charge in [0.15, 0.2) is 0 Å². The molecule has 1 amide bonds. The Morgan fingerprint density at radius 3 is 2.95 bits per heavy atom. The van der Waals surface area contributed by atoms with E-state index in [1.54, 1.807) is 0 Å². The Morgan fingerprint density at radius 2 is 2.26 bits per heavy atom. The average Bonchev–Trinajstić information content (AvgIpc) is 2.79. The van der Waals surface area contributed by atoms with Crippen LogP contribution in [0.3, 0.4) is 0 Å². The maximum Gasteiger partial charge on any atom is 0.267 e. The zero-order valence-electron chi connectivity index (χ0n) is 11.3. The van der Waals surface area contributed by atoms with Crippen LogP contribution in [0.1, 0.15) is 36.7 Å². The molecular formula is C14H21BrN2O2. The van der Waals surface area contributed by atoms with Crippen LogP contribution in [0.2, 0.25) is 0 Å². The van der Waals surface area contributed by atoms with Gasteiger partial charge >= 0.3 is 0 Å². The molecule has 2 rings (SSSR count). The van der Waals surface area contributed by atoms with Crippen molar-refractivity contribution in [2.45, 2.75) is 32.7 Å². The molecule has 1 N–H and O–H groups in total. The Bertz CT molecular complexity index is 425. The molecule has 1 saturated heterocycles. The van der Waals surface area contributed by atoms with Crippen molar-refractivity contribution in [3.8, 4) is 0 Å². The molecule has 5 heteroatoms. The van der Waals surface area contributed by atoms with Gasteiger partial charge in [-0.3, -0.25) is 4.79 Å². The molecule has 1 aromatic rings. The summed E-state index contributed by atoms with van der Waals surface area (Å²) in [7, 11) is 0. The van der Waals surface area contributed by atoms with E-state index in [4.69, 9.17) is 4.74 Å². The summed E-state index contributed by atoms with van der Waals surface area (Å²) in [6.07, 6.45) is 5.06. The van der Waals surface area contributed by atoms with Gasteiger partial charge in [-0.2, -0.15) is 0 Å². The minimum absolute atomic E-state index is 0.0191. The lowest BCUT2D eigenvalue weighted by Crippen LogP contribution is -2.33. The molecule has 1 fully saturated rings. The van der Waals surface area contributed by atoms with E-state index < -0.39 is 0 Å². The highest BCUT2D eigenvalue weighted by molar-refractivity contribution is 9.10. The number of nitrogens with zero attached hydrogens (tertiary/aromatic N) is 1. The number of carbonyl (C=O) groups is 1. The van der Waals surface area contributed by atoms with Crippen LogP contribution in [0.4, 0.5) is 0 Å². The number of nitrogens with one attached hydrogen (secondary N) is 1. The van der Waals surface area contributed by atoms with Crippen LogP contribution >= 0.6 is 15.9 Å². The first-order valence-corrected chi connectivity index (χ1v) is 7.71. The highest BCUT2D eigenvalue weighted by Crippen LogP contribution is 2.17. The number of halogens is 1. The maximum absolute atomic E-state index is 12.2. The Morgan fingerprint density at radius 1 is 1.53 bits per heavy atom. The summed E-state index contributed by atoms with van der Waals surface area (Å²) in [5, 5.41) is 3.04. The molecule has 0 saturated carbocycles. The molecule has 4 nitrogen and oxygen atoms in total. The first-order chi connectivity index (χ1) is 9.20. The summed E-state index contributed by atoms with van der Waals surface area (Å²) in [5.41, 5.74) is 0.737. The fourth-order valence-electron chi connectivity index (χ4n) is 2.37. The van der Waals surface area contributed by atoms with Crippen LogP contribution in [-0.2, 0) is 11.3 Å². The number of aryl methyl sites for hydroxylation is 1. The van der Waals surface area contributed by atoms with E-state index in [-0.39, 0.29) is 5.91 Å². The quantitative estimate of drug-likeness (QED) is 0.903. The predicted molar refractivity (Wildman–Crippen MR) is 78.3 cm³/mol. The molecule has 0 atom stereocenters. The summed E-state index contributed by atoms with van der Waals surface area (Å²) in [4.78, 5) is 12.2. The summed E-state index contributed by atoms with van der Waals surface area (Å²) >= 11 is 3.43. The largest absolute Gasteiger partial charge is 0.381 e. The number of hydrogen-bond acceptors (Lipinski definition) is 2. The third kappa shape index (κ3) is 4.08. The van der Waals surface area contributed by atoms with Gasteiger partial charge in [0.05, 0.1) is 0 Å². The SMILES string of the molecule is CCCn1cc(Br)cc1C(=O)NCC1CCOCC1. The maximum atomic E-state index is 12.2. The van der Waals surface area contributed by atoms with Gasteiger partial charge in [0, 0.05) is 37.0 Å². The van der Waals surface area contributed by atoms with Gasteiger partial charge in [-0.1, -0.05) is 6.92 Å². The van der Waals surface area contributed by atoms with E-state index in [0.717, 1.165) is 55.7 Å². The molecule has 0 aliphatic carbocycles. The van der Waals surface area contributed by atoms with E-state index in [9.17, 15) is 4.79 Å². The number of amides is 1. The van der Waals surface area contributed by atoms with Crippen molar-refractivity contribution >= 4 is 21.8 Å². The van der Waals surface area contributed by atoms with Crippen molar-refractivity contribution in [3.05, 3.63) is 22.4 Å². The lowest BCUT2D eigenvalue weighted by Gasteiger charge is -2.22. The van der Waals surface area contributed by atoms with Gasteiger partial charge < -0.3 is 14.6 Å². The molecule has 1 aromatic heterocycles. The van der Waals surface area contributed by atoms with Gasteiger partial charge in [0.1, 0.15) is 5.69 Å². The molecule has 19 heavy (non-hydrogen) atoms. The second kappa shape index (κ2) is 7.10. The van der Waals surface area contributed by atoms with Crippen molar-refractivity contribution in [1.82, 2.24) is 9.88 Å². The summed E-state index contributed by atoms with van der Waals surface area (Å²) in [6.45, 7) is 5.36. The number of hydrogen-bond donors (Lipinski definition) is 1. The van der Waals surface area contributed by atoms with E-state index >= 15 is 0 Å². The molecule has 1 aliphatic heterocycles. The van der Waals surface area contributed by atoms with E-state index in [0.29, 0.717) is 5.92 Å². The fourth-order valence-corrected chi connectivity index (χ4v) is 2.83. The number of aromatic nitrogens is 1. The minimum Gasteiger partial charge on any atom is -0.381 e. The van der Waals surface area contributed by atoms with Crippen LogP contribution in [-0.4, -0.2) is 30.2 Å². The Labute approximate surface area is 122 Å². The fraction of sp³-hybridized carbons (Fsp3) is 0.643. The first kappa shape index (κ1) is 14.6. The Kier molecular flexibility index (Phi) is 5.45. The van der Waals surface area contributed by atoms with Crippen molar-refractivity contribution in [2.75, 3.05) is 19.8 Å². The topological polar surface area (TPSA) is 43.3 Å². The molecular weight excluding hydrogens is 308 g/mol. The van der Waals surface area contributed by atoms with Crippen molar-refractivity contribution in [1.29, 1.82) is 0 Å². The van der Waals surface area contributed by atoms with Crippen LogP contribution in [0.25, 0.3) is 0 Å². The van der Waals surface area contributed by atoms with Gasteiger partial charge in [-0.25, -0.2) is 0 Å². The van der Waals surface area contributed by atoms with Crippen molar-refractivity contribution in [2.24, 2.45) is 5.92 Å². The standard InChI is InChI=1S/C14H21BrN2O2/c1-2-5-17-10-12(15)8-13(17)14(18)16-9-11-3-6-19-7-4-11/h8,10-11H,2-7,9H2,1H3,(H,16,18). The first-order valence-electron chi connectivity index (χ1n) is 6.92. The van der Waals surface area contributed by atoms with E-state index in [1.165, 1.54) is 0 Å². The lowest BCUT2D eigenvalue weighted by atomic mass is 10.0. The molecule has 0 radical (unpaired) electrons. The number of ether oxygens (including phenoxy) is 1. The molecule has 106 valence electrons. The molecule has 1 aliphatic rings. The van der Waals surface area contributed by atoms with Gasteiger partial charge in [0.25, 0.3) is 5.91 Å². The summed E-state index contributed by atoms with van der Waals surface area (Å²) in [5.74, 6) is 0.571. The summed E-state index contributed by atoms with van der Waals surface area (Å²) < 4.78 is 8.28. The molecule has 2 heterocycles. The second-order valence-electron chi connectivity index (χ2n) is 5.00. The minimum atomic E-state index is 0.0191. The third-order valence-electron chi connectivity index (χ3n) is 3.45. The normalized spacial score (nSPS) is 16.5. The third-order valence-corrected chi connectivity index (χ3v) is 3.89. The van der Waals surface area contributed by atoms with Crippen molar-refractivity contribution in [3.63, 3.8) is 0 Å². The smallest absolute Gasteiger partial charge is 0.267 e. The van der Waals surface area contributed by atoms with Crippen molar-refractivity contribution < 1.29 is 9.53 Å². The lowest BCUT2D eigenvalue weighted by molar-refractivity contribution is 0.0641. The monoisotopic (exact) mass is 328 g/mol. The number of rotatable bonds is 5. The summed E-state index contributed by atoms with van der Waals surface area (Å²) in [6, 6.07) is 1.88. The molecule has 0 spiro atoms. The molecule has 0 bridgehead atoms. The van der Waals surface area contributed by atoms with Crippen LogP contribution in [0, 0.1) is 5.92 Å².